The van der Waals surface area contributed by atoms with Crippen LogP contribution < -0.4 is 10.1 Å². The van der Waals surface area contributed by atoms with Crippen molar-refractivity contribution < 1.29 is 4.74 Å². The predicted molar refractivity (Wildman–Crippen MR) is 81.1 cm³/mol. The zero-order valence-electron chi connectivity index (χ0n) is 11.6. The summed E-state index contributed by atoms with van der Waals surface area (Å²) in [5.74, 6) is 0.925. The number of aryl methyl sites for hydroxylation is 1. The third-order valence-electron chi connectivity index (χ3n) is 2.89. The number of thiazole rings is 1. The van der Waals surface area contributed by atoms with Crippen LogP contribution in [-0.4, -0.2) is 11.6 Å². The van der Waals surface area contributed by atoms with Gasteiger partial charge in [0.05, 0.1) is 23.9 Å². The van der Waals surface area contributed by atoms with Crippen LogP contribution in [0.4, 0.5) is 5.69 Å². The van der Waals surface area contributed by atoms with E-state index in [2.05, 4.69) is 36.3 Å². The second-order valence-electron chi connectivity index (χ2n) is 4.54. The standard InChI is InChI=1S/C15H20N2OS/c1-4-9-18-14-7-5-13(6-8-14)17-12(3)15-11(2)16-10-19-15/h5-8,10,12,17H,4,9H2,1-3H3. The summed E-state index contributed by atoms with van der Waals surface area (Å²) in [4.78, 5) is 5.57. The number of rotatable bonds is 6. The molecule has 0 saturated heterocycles. The summed E-state index contributed by atoms with van der Waals surface area (Å²) >= 11 is 1.69. The molecule has 0 fully saturated rings. The average Bonchev–Trinajstić information content (AvgIpc) is 2.84. The maximum atomic E-state index is 5.57. The van der Waals surface area contributed by atoms with Gasteiger partial charge in [0.2, 0.25) is 0 Å². The number of hydrogen-bond acceptors (Lipinski definition) is 4. The molecule has 1 heterocycles. The second kappa shape index (κ2) is 6.57. The van der Waals surface area contributed by atoms with Gasteiger partial charge in [-0.1, -0.05) is 6.92 Å². The maximum absolute atomic E-state index is 5.57. The monoisotopic (exact) mass is 276 g/mol. The van der Waals surface area contributed by atoms with E-state index in [1.807, 2.05) is 24.6 Å². The van der Waals surface area contributed by atoms with Gasteiger partial charge in [-0.05, 0) is 44.5 Å². The summed E-state index contributed by atoms with van der Waals surface area (Å²) in [6.45, 7) is 7.08. The van der Waals surface area contributed by atoms with E-state index in [0.29, 0.717) is 0 Å². The van der Waals surface area contributed by atoms with Crippen LogP contribution in [-0.2, 0) is 0 Å². The number of nitrogens with one attached hydrogen (secondary N) is 1. The Hall–Kier alpha value is -1.55. The summed E-state index contributed by atoms with van der Waals surface area (Å²) in [6, 6.07) is 8.39. The molecule has 1 N–H and O–H groups in total. The highest BCUT2D eigenvalue weighted by atomic mass is 32.1. The lowest BCUT2D eigenvalue weighted by Crippen LogP contribution is -2.06. The molecule has 19 heavy (non-hydrogen) atoms. The quantitative estimate of drug-likeness (QED) is 0.848. The number of aromatic nitrogens is 1. The molecular formula is C15H20N2OS. The van der Waals surface area contributed by atoms with Crippen molar-refractivity contribution in [2.75, 3.05) is 11.9 Å². The molecule has 2 rings (SSSR count). The van der Waals surface area contributed by atoms with Crippen molar-refractivity contribution in [2.24, 2.45) is 0 Å². The van der Waals surface area contributed by atoms with Crippen molar-refractivity contribution in [1.29, 1.82) is 0 Å². The average molecular weight is 276 g/mol. The molecule has 0 bridgehead atoms. The molecule has 1 aromatic carbocycles. The first-order chi connectivity index (χ1) is 9.20. The van der Waals surface area contributed by atoms with E-state index >= 15 is 0 Å². The smallest absolute Gasteiger partial charge is 0.119 e. The van der Waals surface area contributed by atoms with Crippen LogP contribution >= 0.6 is 11.3 Å². The van der Waals surface area contributed by atoms with Gasteiger partial charge in [-0.2, -0.15) is 0 Å². The first-order valence-corrected chi connectivity index (χ1v) is 7.48. The van der Waals surface area contributed by atoms with Gasteiger partial charge in [0.15, 0.2) is 0 Å². The topological polar surface area (TPSA) is 34.1 Å². The minimum atomic E-state index is 0.273. The fraction of sp³-hybridized carbons (Fsp3) is 0.400. The Balaban J connectivity index is 1.97. The molecular weight excluding hydrogens is 256 g/mol. The van der Waals surface area contributed by atoms with Crippen LogP contribution in [0, 0.1) is 6.92 Å². The molecule has 102 valence electrons. The highest BCUT2D eigenvalue weighted by molar-refractivity contribution is 7.09. The molecule has 0 aliphatic heterocycles. The molecule has 3 nitrogen and oxygen atoms in total. The van der Waals surface area contributed by atoms with Crippen LogP contribution in [0.5, 0.6) is 5.75 Å². The number of nitrogens with zero attached hydrogens (tertiary/aromatic N) is 1. The lowest BCUT2D eigenvalue weighted by molar-refractivity contribution is 0.317. The summed E-state index contributed by atoms with van der Waals surface area (Å²) in [5, 5.41) is 3.48. The second-order valence-corrected chi connectivity index (χ2v) is 5.43. The van der Waals surface area contributed by atoms with Gasteiger partial charge in [-0.3, -0.25) is 0 Å². The predicted octanol–water partition coefficient (Wildman–Crippen LogP) is 4.41. The number of hydrogen-bond donors (Lipinski definition) is 1. The Morgan fingerprint density at radius 2 is 2.05 bits per heavy atom. The van der Waals surface area contributed by atoms with Gasteiger partial charge in [0.1, 0.15) is 5.75 Å². The molecule has 0 aliphatic rings. The third-order valence-corrected chi connectivity index (χ3v) is 4.00. The van der Waals surface area contributed by atoms with Crippen LogP contribution in [0.3, 0.4) is 0 Å². The van der Waals surface area contributed by atoms with Gasteiger partial charge in [0.25, 0.3) is 0 Å². The number of benzene rings is 1. The minimum absolute atomic E-state index is 0.273. The van der Waals surface area contributed by atoms with Gasteiger partial charge >= 0.3 is 0 Å². The van der Waals surface area contributed by atoms with Gasteiger partial charge in [-0.25, -0.2) is 4.98 Å². The van der Waals surface area contributed by atoms with E-state index in [1.54, 1.807) is 11.3 Å². The SMILES string of the molecule is CCCOc1ccc(NC(C)c2scnc2C)cc1. The van der Waals surface area contributed by atoms with Crippen molar-refractivity contribution in [2.45, 2.75) is 33.2 Å². The Bertz CT molecular complexity index is 507. The molecule has 0 saturated carbocycles. The molecule has 1 atom stereocenters. The molecule has 0 aliphatic carbocycles. The highest BCUT2D eigenvalue weighted by Gasteiger charge is 2.10. The van der Waals surface area contributed by atoms with Crippen molar-refractivity contribution in [1.82, 2.24) is 4.98 Å². The van der Waals surface area contributed by atoms with E-state index < -0.39 is 0 Å². The summed E-state index contributed by atoms with van der Waals surface area (Å²) < 4.78 is 5.57. The van der Waals surface area contributed by atoms with E-state index in [4.69, 9.17) is 4.74 Å². The molecule has 0 amide bonds. The van der Waals surface area contributed by atoms with Crippen molar-refractivity contribution in [3.63, 3.8) is 0 Å². The molecule has 1 unspecified atom stereocenters. The number of ether oxygens (including phenoxy) is 1. The maximum Gasteiger partial charge on any atom is 0.119 e. The first kappa shape index (κ1) is 13.9. The van der Waals surface area contributed by atoms with Gasteiger partial charge < -0.3 is 10.1 Å². The van der Waals surface area contributed by atoms with Crippen LogP contribution in [0.25, 0.3) is 0 Å². The van der Waals surface area contributed by atoms with Crippen molar-refractivity contribution in [3.05, 3.63) is 40.3 Å². The fourth-order valence-corrected chi connectivity index (χ4v) is 2.72. The normalized spacial score (nSPS) is 12.2. The molecule has 0 radical (unpaired) electrons. The zero-order chi connectivity index (χ0) is 13.7. The molecule has 4 heteroatoms. The van der Waals surface area contributed by atoms with Crippen LogP contribution in [0.15, 0.2) is 29.8 Å². The lowest BCUT2D eigenvalue weighted by atomic mass is 10.2. The largest absolute Gasteiger partial charge is 0.494 e. The van der Waals surface area contributed by atoms with Gasteiger partial charge in [0, 0.05) is 10.6 Å². The van der Waals surface area contributed by atoms with Gasteiger partial charge in [-0.15, -0.1) is 11.3 Å². The van der Waals surface area contributed by atoms with E-state index in [-0.39, 0.29) is 6.04 Å². The minimum Gasteiger partial charge on any atom is -0.494 e. The third kappa shape index (κ3) is 3.70. The Morgan fingerprint density at radius 3 is 2.63 bits per heavy atom. The molecule has 1 aromatic heterocycles. The van der Waals surface area contributed by atoms with Crippen LogP contribution in [0.1, 0.15) is 36.9 Å². The van der Waals surface area contributed by atoms with E-state index in [1.165, 1.54) is 4.88 Å². The summed E-state index contributed by atoms with van der Waals surface area (Å²) in [6.07, 6.45) is 1.03. The van der Waals surface area contributed by atoms with E-state index in [0.717, 1.165) is 30.2 Å². The summed E-state index contributed by atoms with van der Waals surface area (Å²) in [7, 11) is 0. The number of anilines is 1. The Morgan fingerprint density at radius 1 is 1.32 bits per heavy atom. The highest BCUT2D eigenvalue weighted by Crippen LogP contribution is 2.26. The van der Waals surface area contributed by atoms with Crippen molar-refractivity contribution >= 4 is 17.0 Å². The lowest BCUT2D eigenvalue weighted by Gasteiger charge is -2.15. The molecule has 2 aromatic rings. The Kier molecular flexibility index (Phi) is 4.80. The van der Waals surface area contributed by atoms with Crippen molar-refractivity contribution in [3.8, 4) is 5.75 Å². The summed E-state index contributed by atoms with van der Waals surface area (Å²) in [5.41, 5.74) is 4.10. The first-order valence-electron chi connectivity index (χ1n) is 6.60. The fourth-order valence-electron chi connectivity index (χ4n) is 1.91. The van der Waals surface area contributed by atoms with Crippen LogP contribution in [0.2, 0.25) is 0 Å². The Labute approximate surface area is 118 Å². The van der Waals surface area contributed by atoms with E-state index in [9.17, 15) is 0 Å². The zero-order valence-corrected chi connectivity index (χ0v) is 12.5. The molecule has 0 spiro atoms.